The highest BCUT2D eigenvalue weighted by atomic mass is 79.9. The molecule has 3 heteroatoms. The number of likely N-dealkylation sites (N-methyl/N-ethyl adjacent to an activating group) is 1. The second-order valence-corrected chi connectivity index (χ2v) is 4.41. The van der Waals surface area contributed by atoms with Crippen LogP contribution < -0.4 is 0 Å². The molecule has 0 aromatic heterocycles. The van der Waals surface area contributed by atoms with Gasteiger partial charge in [0.05, 0.1) is 6.42 Å². The quantitative estimate of drug-likeness (QED) is 0.753. The molecule has 2 nitrogen and oxygen atoms in total. The molecule has 0 saturated carbocycles. The molecular formula is C11H12BrNO. The van der Waals surface area contributed by atoms with Crippen molar-refractivity contribution in [2.45, 2.75) is 19.9 Å². The smallest absolute Gasteiger partial charge is 0.227 e. The van der Waals surface area contributed by atoms with Crippen molar-refractivity contribution in [2.24, 2.45) is 0 Å². The van der Waals surface area contributed by atoms with E-state index in [1.54, 1.807) is 0 Å². The van der Waals surface area contributed by atoms with Crippen molar-refractivity contribution >= 4 is 21.8 Å². The fourth-order valence-corrected chi connectivity index (χ4v) is 2.18. The number of fused-ring (bicyclic) bond motifs is 1. The molecule has 14 heavy (non-hydrogen) atoms. The third-order valence-corrected chi connectivity index (χ3v) is 3.10. The molecule has 1 aromatic rings. The van der Waals surface area contributed by atoms with Gasteiger partial charge in [-0.2, -0.15) is 0 Å². The van der Waals surface area contributed by atoms with Crippen LogP contribution in [0.4, 0.5) is 0 Å². The van der Waals surface area contributed by atoms with Crippen LogP contribution in [-0.4, -0.2) is 17.4 Å². The molecule has 0 bridgehead atoms. The van der Waals surface area contributed by atoms with Crippen molar-refractivity contribution in [3.05, 3.63) is 33.8 Å². The van der Waals surface area contributed by atoms with E-state index in [0.29, 0.717) is 6.42 Å². The number of halogens is 1. The van der Waals surface area contributed by atoms with Gasteiger partial charge in [-0.05, 0) is 30.2 Å². The van der Waals surface area contributed by atoms with Crippen LogP contribution >= 0.6 is 15.9 Å². The van der Waals surface area contributed by atoms with Crippen LogP contribution in [0, 0.1) is 0 Å². The first-order valence-electron chi connectivity index (χ1n) is 4.75. The molecule has 0 unspecified atom stereocenters. The molecule has 1 amide bonds. The predicted molar refractivity (Wildman–Crippen MR) is 58.9 cm³/mol. The van der Waals surface area contributed by atoms with Crippen LogP contribution in [0.3, 0.4) is 0 Å². The van der Waals surface area contributed by atoms with E-state index in [9.17, 15) is 4.79 Å². The average molecular weight is 254 g/mol. The minimum absolute atomic E-state index is 0.234. The summed E-state index contributed by atoms with van der Waals surface area (Å²) in [4.78, 5) is 13.5. The van der Waals surface area contributed by atoms with Crippen LogP contribution in [0.25, 0.3) is 0 Å². The summed E-state index contributed by atoms with van der Waals surface area (Å²) in [5.41, 5.74) is 2.43. The average Bonchev–Trinajstić information content (AvgIpc) is 2.16. The molecule has 0 N–H and O–H groups in total. The second kappa shape index (κ2) is 3.73. The SMILES string of the molecule is CCN1Cc2ccc(Br)cc2CC1=O. The van der Waals surface area contributed by atoms with Gasteiger partial charge >= 0.3 is 0 Å². The zero-order valence-electron chi connectivity index (χ0n) is 8.09. The molecule has 0 spiro atoms. The number of carbonyl (C=O) groups is 1. The van der Waals surface area contributed by atoms with Crippen molar-refractivity contribution < 1.29 is 4.79 Å². The van der Waals surface area contributed by atoms with Gasteiger partial charge in [0.25, 0.3) is 0 Å². The highest BCUT2D eigenvalue weighted by molar-refractivity contribution is 9.10. The molecular weight excluding hydrogens is 242 g/mol. The first kappa shape index (κ1) is 9.71. The van der Waals surface area contributed by atoms with Gasteiger partial charge in [0.1, 0.15) is 0 Å². The summed E-state index contributed by atoms with van der Waals surface area (Å²) in [6.07, 6.45) is 0.544. The minimum Gasteiger partial charge on any atom is -0.338 e. The van der Waals surface area contributed by atoms with Gasteiger partial charge in [-0.25, -0.2) is 0 Å². The third-order valence-electron chi connectivity index (χ3n) is 2.61. The van der Waals surface area contributed by atoms with Gasteiger partial charge in [-0.3, -0.25) is 4.79 Å². The summed E-state index contributed by atoms with van der Waals surface area (Å²) in [5, 5.41) is 0. The van der Waals surface area contributed by atoms with Gasteiger partial charge in [-0.1, -0.05) is 22.0 Å². The Bertz CT molecular complexity index is 376. The summed E-state index contributed by atoms with van der Waals surface area (Å²) in [6.45, 7) is 3.58. The zero-order chi connectivity index (χ0) is 10.1. The van der Waals surface area contributed by atoms with Crippen LogP contribution in [-0.2, 0) is 17.8 Å². The molecule has 1 aliphatic rings. The van der Waals surface area contributed by atoms with Crippen LogP contribution in [0.5, 0.6) is 0 Å². The maximum atomic E-state index is 11.6. The molecule has 2 rings (SSSR count). The summed E-state index contributed by atoms with van der Waals surface area (Å²) < 4.78 is 1.05. The van der Waals surface area contributed by atoms with Crippen molar-refractivity contribution in [3.8, 4) is 0 Å². The number of benzene rings is 1. The summed E-state index contributed by atoms with van der Waals surface area (Å²) in [5.74, 6) is 0.234. The molecule has 1 heterocycles. The fraction of sp³-hybridized carbons (Fsp3) is 0.364. The molecule has 1 aromatic carbocycles. The second-order valence-electron chi connectivity index (χ2n) is 3.50. The van der Waals surface area contributed by atoms with Crippen LogP contribution in [0.15, 0.2) is 22.7 Å². The Morgan fingerprint density at radius 1 is 1.43 bits per heavy atom. The maximum absolute atomic E-state index is 11.6. The number of rotatable bonds is 1. The van der Waals surface area contributed by atoms with E-state index < -0.39 is 0 Å². The molecule has 0 saturated heterocycles. The van der Waals surface area contributed by atoms with Gasteiger partial charge in [-0.15, -0.1) is 0 Å². The summed E-state index contributed by atoms with van der Waals surface area (Å²) in [6, 6.07) is 6.16. The Morgan fingerprint density at radius 2 is 2.21 bits per heavy atom. The number of carbonyl (C=O) groups excluding carboxylic acids is 1. The van der Waals surface area contributed by atoms with Crippen LogP contribution in [0.1, 0.15) is 18.1 Å². The largest absolute Gasteiger partial charge is 0.338 e. The van der Waals surface area contributed by atoms with Gasteiger partial charge in [0.2, 0.25) is 5.91 Å². The van der Waals surface area contributed by atoms with Crippen LogP contribution in [0.2, 0.25) is 0 Å². The normalized spacial score (nSPS) is 15.6. The van der Waals surface area contributed by atoms with Gasteiger partial charge < -0.3 is 4.90 Å². The molecule has 0 atom stereocenters. The summed E-state index contributed by atoms with van der Waals surface area (Å²) in [7, 11) is 0. The molecule has 0 radical (unpaired) electrons. The van der Waals surface area contributed by atoms with E-state index in [2.05, 4.69) is 22.0 Å². The highest BCUT2D eigenvalue weighted by Gasteiger charge is 2.21. The summed E-state index contributed by atoms with van der Waals surface area (Å²) >= 11 is 3.42. The molecule has 0 fully saturated rings. The maximum Gasteiger partial charge on any atom is 0.227 e. The van der Waals surface area contributed by atoms with E-state index in [1.807, 2.05) is 24.0 Å². The molecule has 1 aliphatic heterocycles. The van der Waals surface area contributed by atoms with E-state index >= 15 is 0 Å². The lowest BCUT2D eigenvalue weighted by Crippen LogP contribution is -2.35. The third kappa shape index (κ3) is 1.69. The Hall–Kier alpha value is -0.830. The number of hydrogen-bond acceptors (Lipinski definition) is 1. The molecule has 0 aliphatic carbocycles. The Morgan fingerprint density at radius 3 is 2.93 bits per heavy atom. The van der Waals surface area contributed by atoms with E-state index in [1.165, 1.54) is 5.56 Å². The monoisotopic (exact) mass is 253 g/mol. The first-order valence-corrected chi connectivity index (χ1v) is 5.55. The van der Waals surface area contributed by atoms with Gasteiger partial charge in [0, 0.05) is 17.6 Å². The molecule has 74 valence electrons. The number of nitrogens with zero attached hydrogens (tertiary/aromatic N) is 1. The minimum atomic E-state index is 0.234. The van der Waals surface area contributed by atoms with E-state index in [0.717, 1.165) is 23.1 Å². The van der Waals surface area contributed by atoms with Crippen molar-refractivity contribution in [2.75, 3.05) is 6.54 Å². The lowest BCUT2D eigenvalue weighted by atomic mass is 9.99. The topological polar surface area (TPSA) is 20.3 Å². The Labute approximate surface area is 92.0 Å². The van der Waals surface area contributed by atoms with E-state index in [-0.39, 0.29) is 5.91 Å². The fourth-order valence-electron chi connectivity index (χ4n) is 1.77. The first-order chi connectivity index (χ1) is 6.70. The standard InChI is InChI=1S/C11H12BrNO/c1-2-13-7-8-3-4-10(12)5-9(8)6-11(13)14/h3-5H,2,6-7H2,1H3. The Balaban J connectivity index is 2.35. The van der Waals surface area contributed by atoms with E-state index in [4.69, 9.17) is 0 Å². The highest BCUT2D eigenvalue weighted by Crippen LogP contribution is 2.23. The Kier molecular flexibility index (Phi) is 2.59. The number of amides is 1. The zero-order valence-corrected chi connectivity index (χ0v) is 9.67. The lowest BCUT2D eigenvalue weighted by molar-refractivity contribution is -0.131. The van der Waals surface area contributed by atoms with Crippen molar-refractivity contribution in [3.63, 3.8) is 0 Å². The predicted octanol–water partition coefficient (Wildman–Crippen LogP) is 2.35. The van der Waals surface area contributed by atoms with Crippen molar-refractivity contribution in [1.29, 1.82) is 0 Å². The number of hydrogen-bond donors (Lipinski definition) is 0. The van der Waals surface area contributed by atoms with Crippen molar-refractivity contribution in [1.82, 2.24) is 4.90 Å². The van der Waals surface area contributed by atoms with Gasteiger partial charge in [0.15, 0.2) is 0 Å². The lowest BCUT2D eigenvalue weighted by Gasteiger charge is -2.27.